The molecule has 5 heteroatoms. The van der Waals surface area contributed by atoms with Crippen molar-refractivity contribution in [2.45, 2.75) is 44.2 Å². The number of nitriles is 1. The Kier molecular flexibility index (Phi) is 3.71. The summed E-state index contributed by atoms with van der Waals surface area (Å²) in [4.78, 5) is 0. The maximum atomic E-state index is 9.93. The van der Waals surface area contributed by atoms with Crippen LogP contribution >= 0.6 is 0 Å². The molecule has 3 atom stereocenters. The van der Waals surface area contributed by atoms with Gasteiger partial charge in [-0.15, -0.1) is 5.10 Å². The first-order valence-corrected chi connectivity index (χ1v) is 7.63. The first-order valence-electron chi connectivity index (χ1n) is 7.63. The van der Waals surface area contributed by atoms with Crippen LogP contribution in [-0.2, 0) is 12.5 Å². The fraction of sp³-hybridized carbons (Fsp3) is 0.471. The zero-order valence-electron chi connectivity index (χ0n) is 13.2. The molecule has 0 spiro atoms. The molecular weight excluding hydrogens is 274 g/mol. The van der Waals surface area contributed by atoms with Crippen LogP contribution in [-0.4, -0.2) is 21.0 Å². The van der Waals surface area contributed by atoms with Crippen molar-refractivity contribution in [1.82, 2.24) is 20.3 Å². The van der Waals surface area contributed by atoms with E-state index in [4.69, 9.17) is 0 Å². The number of hydrogen-bond donors (Lipinski definition) is 1. The average molecular weight is 295 g/mol. The van der Waals surface area contributed by atoms with E-state index in [9.17, 15) is 5.26 Å². The molecule has 0 saturated carbocycles. The molecule has 1 aromatic heterocycles. The van der Waals surface area contributed by atoms with E-state index in [0.717, 1.165) is 24.1 Å². The van der Waals surface area contributed by atoms with Gasteiger partial charge in [0, 0.05) is 19.3 Å². The minimum Gasteiger partial charge on any atom is -0.306 e. The number of piperidine rings is 1. The maximum absolute atomic E-state index is 9.93. The zero-order chi connectivity index (χ0) is 15.7. The van der Waals surface area contributed by atoms with Crippen LogP contribution in [0.3, 0.4) is 0 Å². The van der Waals surface area contributed by atoms with E-state index in [-0.39, 0.29) is 12.1 Å². The summed E-state index contributed by atoms with van der Waals surface area (Å²) in [5, 5.41) is 21.7. The van der Waals surface area contributed by atoms with Crippen LogP contribution in [0.1, 0.15) is 42.6 Å². The summed E-state index contributed by atoms with van der Waals surface area (Å²) < 4.78 is 1.70. The molecule has 1 saturated heterocycles. The standard InChI is InChI=1S/C17H21N5/c1-12-4-6-14(7-5-12)17(11-18)8-13(2)19-15(9-17)16-10-22(3)21-20-16/h4-7,10,13,15,19H,8-9H2,1-3H3/t13-,15-,17+/m0/s1. The molecule has 1 fully saturated rings. The summed E-state index contributed by atoms with van der Waals surface area (Å²) in [6, 6.07) is 11.2. The van der Waals surface area contributed by atoms with Gasteiger partial charge in [0.05, 0.1) is 23.2 Å². The molecule has 1 aliphatic heterocycles. The van der Waals surface area contributed by atoms with E-state index in [1.807, 2.05) is 13.2 Å². The van der Waals surface area contributed by atoms with Crippen LogP contribution in [0.2, 0.25) is 0 Å². The van der Waals surface area contributed by atoms with Gasteiger partial charge >= 0.3 is 0 Å². The minimum atomic E-state index is -0.472. The third-order valence-corrected chi connectivity index (χ3v) is 4.49. The number of nitrogens with zero attached hydrogens (tertiary/aromatic N) is 4. The molecule has 22 heavy (non-hydrogen) atoms. The number of hydrogen-bond acceptors (Lipinski definition) is 4. The lowest BCUT2D eigenvalue weighted by Crippen LogP contribution is -2.46. The fourth-order valence-corrected chi connectivity index (χ4v) is 3.39. The molecule has 0 amide bonds. The molecule has 114 valence electrons. The molecule has 0 bridgehead atoms. The number of aryl methyl sites for hydroxylation is 2. The lowest BCUT2D eigenvalue weighted by molar-refractivity contribution is 0.254. The number of benzene rings is 1. The highest BCUT2D eigenvalue weighted by Gasteiger charge is 2.42. The van der Waals surface area contributed by atoms with Crippen LogP contribution < -0.4 is 5.32 Å². The van der Waals surface area contributed by atoms with Crippen molar-refractivity contribution in [3.8, 4) is 6.07 Å². The predicted molar refractivity (Wildman–Crippen MR) is 84.0 cm³/mol. The summed E-state index contributed by atoms with van der Waals surface area (Å²) in [5.74, 6) is 0. The van der Waals surface area contributed by atoms with Crippen molar-refractivity contribution >= 4 is 0 Å². The van der Waals surface area contributed by atoms with Gasteiger partial charge in [-0.1, -0.05) is 35.0 Å². The molecule has 1 aliphatic rings. The monoisotopic (exact) mass is 295 g/mol. The molecule has 2 heterocycles. The molecule has 0 radical (unpaired) electrons. The Labute approximate surface area is 131 Å². The zero-order valence-corrected chi connectivity index (χ0v) is 13.2. The van der Waals surface area contributed by atoms with E-state index in [2.05, 4.69) is 59.8 Å². The van der Waals surface area contributed by atoms with Crippen LogP contribution in [0.25, 0.3) is 0 Å². The molecule has 0 aliphatic carbocycles. The third-order valence-electron chi connectivity index (χ3n) is 4.49. The Balaban J connectivity index is 1.96. The molecule has 0 unspecified atom stereocenters. The van der Waals surface area contributed by atoms with Crippen LogP contribution in [0.4, 0.5) is 0 Å². The van der Waals surface area contributed by atoms with Gasteiger partial charge < -0.3 is 5.32 Å². The Morgan fingerprint density at radius 1 is 1.32 bits per heavy atom. The minimum absolute atomic E-state index is 0.0541. The van der Waals surface area contributed by atoms with Gasteiger partial charge in [-0.05, 0) is 32.3 Å². The highest BCUT2D eigenvalue weighted by atomic mass is 15.4. The molecule has 2 aromatic rings. The smallest absolute Gasteiger partial charge is 0.0996 e. The summed E-state index contributed by atoms with van der Waals surface area (Å²) >= 11 is 0. The van der Waals surface area contributed by atoms with E-state index < -0.39 is 5.41 Å². The van der Waals surface area contributed by atoms with Gasteiger partial charge in [-0.2, -0.15) is 5.26 Å². The van der Waals surface area contributed by atoms with Crippen molar-refractivity contribution < 1.29 is 0 Å². The van der Waals surface area contributed by atoms with Crippen molar-refractivity contribution in [2.24, 2.45) is 7.05 Å². The average Bonchev–Trinajstić information content (AvgIpc) is 2.94. The Morgan fingerprint density at radius 2 is 2.05 bits per heavy atom. The molecule has 1 N–H and O–H groups in total. The molecule has 5 nitrogen and oxygen atoms in total. The first-order chi connectivity index (χ1) is 10.5. The number of rotatable bonds is 2. The van der Waals surface area contributed by atoms with Gasteiger partial charge in [-0.25, -0.2) is 0 Å². The second kappa shape index (κ2) is 5.54. The van der Waals surface area contributed by atoms with E-state index in [1.165, 1.54) is 5.56 Å². The Bertz CT molecular complexity index is 697. The summed E-state index contributed by atoms with van der Waals surface area (Å²) in [7, 11) is 1.86. The SMILES string of the molecule is Cc1ccc([C@@]2(C#N)C[C@@H](c3cn(C)nn3)N[C@@H](C)C2)cc1. The predicted octanol–water partition coefficient (Wildman–Crippen LogP) is 2.40. The van der Waals surface area contributed by atoms with Crippen molar-refractivity contribution in [3.05, 3.63) is 47.3 Å². The quantitative estimate of drug-likeness (QED) is 0.924. The topological polar surface area (TPSA) is 66.5 Å². The summed E-state index contributed by atoms with van der Waals surface area (Å²) in [6.45, 7) is 4.19. The lowest BCUT2D eigenvalue weighted by Gasteiger charge is -2.40. The Morgan fingerprint density at radius 3 is 2.64 bits per heavy atom. The van der Waals surface area contributed by atoms with Crippen LogP contribution in [0.15, 0.2) is 30.5 Å². The fourth-order valence-electron chi connectivity index (χ4n) is 3.39. The second-order valence-electron chi connectivity index (χ2n) is 6.41. The lowest BCUT2D eigenvalue weighted by atomic mass is 9.69. The first kappa shape index (κ1) is 14.7. The van der Waals surface area contributed by atoms with Crippen molar-refractivity contribution in [1.29, 1.82) is 5.26 Å². The Hall–Kier alpha value is -2.19. The molecular formula is C17H21N5. The number of nitrogens with one attached hydrogen (secondary N) is 1. The highest BCUT2D eigenvalue weighted by molar-refractivity contribution is 5.36. The van der Waals surface area contributed by atoms with Crippen molar-refractivity contribution in [2.75, 3.05) is 0 Å². The molecule has 1 aromatic carbocycles. The van der Waals surface area contributed by atoms with E-state index in [1.54, 1.807) is 4.68 Å². The highest BCUT2D eigenvalue weighted by Crippen LogP contribution is 2.41. The molecule has 3 rings (SSSR count). The van der Waals surface area contributed by atoms with E-state index in [0.29, 0.717) is 0 Å². The van der Waals surface area contributed by atoms with Crippen molar-refractivity contribution in [3.63, 3.8) is 0 Å². The normalized spacial score (nSPS) is 28.3. The second-order valence-corrected chi connectivity index (χ2v) is 6.41. The largest absolute Gasteiger partial charge is 0.306 e. The van der Waals surface area contributed by atoms with Crippen LogP contribution in [0, 0.1) is 18.3 Å². The van der Waals surface area contributed by atoms with Gasteiger partial charge in [0.25, 0.3) is 0 Å². The van der Waals surface area contributed by atoms with Gasteiger partial charge in [0.1, 0.15) is 0 Å². The third kappa shape index (κ3) is 2.62. The van der Waals surface area contributed by atoms with Gasteiger partial charge in [-0.3, -0.25) is 4.68 Å². The van der Waals surface area contributed by atoms with Gasteiger partial charge in [0.2, 0.25) is 0 Å². The van der Waals surface area contributed by atoms with Gasteiger partial charge in [0.15, 0.2) is 0 Å². The summed E-state index contributed by atoms with van der Waals surface area (Å²) in [6.07, 6.45) is 3.45. The van der Waals surface area contributed by atoms with E-state index >= 15 is 0 Å². The number of aromatic nitrogens is 3. The maximum Gasteiger partial charge on any atom is 0.0996 e. The van der Waals surface area contributed by atoms with Crippen LogP contribution in [0.5, 0.6) is 0 Å². The summed E-state index contributed by atoms with van der Waals surface area (Å²) in [5.41, 5.74) is 2.74.